The van der Waals surface area contributed by atoms with Gasteiger partial charge in [-0.3, -0.25) is 14.6 Å². The first-order valence-electron chi connectivity index (χ1n) is 8.30. The predicted octanol–water partition coefficient (Wildman–Crippen LogP) is 2.31. The summed E-state index contributed by atoms with van der Waals surface area (Å²) in [6.45, 7) is 1.96. The van der Waals surface area contributed by atoms with Gasteiger partial charge >= 0.3 is 0 Å². The highest BCUT2D eigenvalue weighted by Gasteiger charge is 2.36. The van der Waals surface area contributed by atoms with E-state index in [0.29, 0.717) is 11.3 Å². The molecule has 1 heterocycles. The van der Waals surface area contributed by atoms with Crippen LogP contribution in [-0.2, 0) is 4.79 Å². The summed E-state index contributed by atoms with van der Waals surface area (Å²) in [6, 6.07) is 10.5. The highest BCUT2D eigenvalue weighted by atomic mass is 16.5. The van der Waals surface area contributed by atoms with E-state index in [9.17, 15) is 9.59 Å². The number of nitrogens with zero attached hydrogens (tertiary/aromatic N) is 2. The molecule has 0 saturated heterocycles. The maximum absolute atomic E-state index is 12.7. The summed E-state index contributed by atoms with van der Waals surface area (Å²) in [4.78, 5) is 29.8. The van der Waals surface area contributed by atoms with E-state index in [-0.39, 0.29) is 24.6 Å². The van der Waals surface area contributed by atoms with Gasteiger partial charge in [-0.25, -0.2) is 0 Å². The van der Waals surface area contributed by atoms with Crippen LogP contribution >= 0.6 is 0 Å². The quantitative estimate of drug-likeness (QED) is 0.839. The van der Waals surface area contributed by atoms with E-state index in [1.807, 2.05) is 24.0 Å². The Bertz CT molecular complexity index is 742. The van der Waals surface area contributed by atoms with Gasteiger partial charge in [0.25, 0.3) is 5.91 Å². The third-order valence-corrected chi connectivity index (χ3v) is 4.31. The van der Waals surface area contributed by atoms with Gasteiger partial charge in [0.1, 0.15) is 5.75 Å². The Kier molecular flexibility index (Phi) is 4.97. The zero-order chi connectivity index (χ0) is 17.8. The minimum absolute atomic E-state index is 0.0446. The van der Waals surface area contributed by atoms with E-state index >= 15 is 0 Å². The maximum atomic E-state index is 12.7. The lowest BCUT2D eigenvalue weighted by Gasteiger charge is -2.29. The monoisotopic (exact) mass is 339 g/mol. The van der Waals surface area contributed by atoms with Crippen molar-refractivity contribution in [2.24, 2.45) is 5.73 Å². The number of rotatable bonds is 7. The lowest BCUT2D eigenvalue weighted by atomic mass is 10.1. The number of hydrogen-bond donors (Lipinski definition) is 1. The highest BCUT2D eigenvalue weighted by Crippen LogP contribution is 2.34. The van der Waals surface area contributed by atoms with Crippen LogP contribution in [0.3, 0.4) is 0 Å². The van der Waals surface area contributed by atoms with Crippen LogP contribution in [0.2, 0.25) is 0 Å². The minimum Gasteiger partial charge on any atom is -0.484 e. The molecule has 0 spiro atoms. The summed E-state index contributed by atoms with van der Waals surface area (Å²) < 4.78 is 5.59. The normalized spacial score (nSPS) is 14.6. The van der Waals surface area contributed by atoms with Crippen LogP contribution in [0.4, 0.5) is 0 Å². The number of benzene rings is 1. The Hall–Kier alpha value is -2.89. The van der Waals surface area contributed by atoms with Crippen LogP contribution in [0.5, 0.6) is 5.75 Å². The first-order valence-corrected chi connectivity index (χ1v) is 8.30. The molecule has 0 aliphatic heterocycles. The maximum Gasteiger partial charge on any atom is 0.261 e. The lowest BCUT2D eigenvalue weighted by Crippen LogP contribution is -2.38. The van der Waals surface area contributed by atoms with Crippen LogP contribution in [0.1, 0.15) is 41.7 Å². The van der Waals surface area contributed by atoms with Crippen molar-refractivity contribution in [1.29, 1.82) is 0 Å². The van der Waals surface area contributed by atoms with E-state index in [2.05, 4.69) is 4.98 Å². The number of ether oxygens (including phenoxy) is 1. The zero-order valence-electron chi connectivity index (χ0n) is 14.1. The summed E-state index contributed by atoms with van der Waals surface area (Å²) in [5.41, 5.74) is 6.62. The molecule has 6 heteroatoms. The van der Waals surface area contributed by atoms with Crippen molar-refractivity contribution in [2.75, 3.05) is 6.61 Å². The molecule has 1 saturated carbocycles. The summed E-state index contributed by atoms with van der Waals surface area (Å²) in [5.74, 6) is -0.0196. The Morgan fingerprint density at radius 2 is 2.00 bits per heavy atom. The molecule has 2 aromatic rings. The molecule has 2 N–H and O–H groups in total. The van der Waals surface area contributed by atoms with Gasteiger partial charge in [-0.2, -0.15) is 0 Å². The number of nitrogens with two attached hydrogens (primary N) is 1. The van der Waals surface area contributed by atoms with Crippen LogP contribution in [0.15, 0.2) is 48.8 Å². The smallest absolute Gasteiger partial charge is 0.261 e. The first kappa shape index (κ1) is 17.0. The standard InChI is InChI=1S/C19H21N3O3/c1-13(15-3-2-10-21-11-15)22(16-6-7-16)18(23)12-25-17-8-4-14(5-9-17)19(20)24/h2-5,8-11,13,16H,6-7,12H2,1H3,(H2,20,24)/t13-/m1/s1. The van der Waals surface area contributed by atoms with Gasteiger partial charge in [-0.15, -0.1) is 0 Å². The van der Waals surface area contributed by atoms with Crippen LogP contribution in [-0.4, -0.2) is 34.3 Å². The molecule has 25 heavy (non-hydrogen) atoms. The van der Waals surface area contributed by atoms with E-state index in [0.717, 1.165) is 18.4 Å². The summed E-state index contributed by atoms with van der Waals surface area (Å²) >= 11 is 0. The van der Waals surface area contributed by atoms with E-state index in [1.54, 1.807) is 36.7 Å². The largest absolute Gasteiger partial charge is 0.484 e. The van der Waals surface area contributed by atoms with E-state index in [1.165, 1.54) is 0 Å². The number of carbonyl (C=O) groups is 2. The van der Waals surface area contributed by atoms with Gasteiger partial charge in [-0.1, -0.05) is 6.07 Å². The lowest BCUT2D eigenvalue weighted by molar-refractivity contribution is -0.136. The van der Waals surface area contributed by atoms with Crippen molar-refractivity contribution in [3.05, 3.63) is 59.9 Å². The molecule has 3 rings (SSSR count). The molecule has 0 radical (unpaired) electrons. The molecule has 1 aliphatic rings. The van der Waals surface area contributed by atoms with Gasteiger partial charge in [0.15, 0.2) is 6.61 Å². The summed E-state index contributed by atoms with van der Waals surface area (Å²) in [6.07, 6.45) is 5.54. The third kappa shape index (κ3) is 4.15. The number of carbonyl (C=O) groups excluding carboxylic acids is 2. The fourth-order valence-electron chi connectivity index (χ4n) is 2.81. The molecule has 2 amide bonds. The Labute approximate surface area is 146 Å². The van der Waals surface area contributed by atoms with Gasteiger partial charge in [-0.05, 0) is 55.7 Å². The summed E-state index contributed by atoms with van der Waals surface area (Å²) in [7, 11) is 0. The molecule has 0 unspecified atom stereocenters. The van der Waals surface area contributed by atoms with Crippen molar-refractivity contribution in [2.45, 2.75) is 31.8 Å². The Morgan fingerprint density at radius 3 is 2.56 bits per heavy atom. The van der Waals surface area contributed by atoms with Crippen molar-refractivity contribution in [3.63, 3.8) is 0 Å². The molecule has 6 nitrogen and oxygen atoms in total. The average Bonchev–Trinajstić information content (AvgIpc) is 3.46. The zero-order valence-corrected chi connectivity index (χ0v) is 14.1. The molecule has 0 bridgehead atoms. The topological polar surface area (TPSA) is 85.5 Å². The molecule has 1 aliphatic carbocycles. The van der Waals surface area contributed by atoms with Crippen molar-refractivity contribution < 1.29 is 14.3 Å². The molecule has 1 aromatic heterocycles. The van der Waals surface area contributed by atoms with E-state index in [4.69, 9.17) is 10.5 Å². The molecular formula is C19H21N3O3. The first-order chi connectivity index (χ1) is 12.1. The van der Waals surface area contributed by atoms with Crippen molar-refractivity contribution in [1.82, 2.24) is 9.88 Å². The molecule has 1 aromatic carbocycles. The van der Waals surface area contributed by atoms with Gasteiger partial charge in [0.05, 0.1) is 6.04 Å². The second-order valence-electron chi connectivity index (χ2n) is 6.17. The SMILES string of the molecule is C[C@H](c1cccnc1)N(C(=O)COc1ccc(C(N)=O)cc1)C1CC1. The fourth-order valence-corrected chi connectivity index (χ4v) is 2.81. The Balaban J connectivity index is 1.64. The number of amides is 2. The number of hydrogen-bond acceptors (Lipinski definition) is 4. The number of primary amides is 1. The predicted molar refractivity (Wildman–Crippen MR) is 93.0 cm³/mol. The second kappa shape index (κ2) is 7.34. The van der Waals surface area contributed by atoms with Crippen molar-refractivity contribution in [3.8, 4) is 5.75 Å². The fraction of sp³-hybridized carbons (Fsp3) is 0.316. The second-order valence-corrected chi connectivity index (χ2v) is 6.17. The number of pyridine rings is 1. The van der Waals surface area contributed by atoms with Crippen LogP contribution < -0.4 is 10.5 Å². The number of aromatic nitrogens is 1. The van der Waals surface area contributed by atoms with Gasteiger partial charge in [0, 0.05) is 24.0 Å². The van der Waals surface area contributed by atoms with Crippen LogP contribution in [0, 0.1) is 0 Å². The molecule has 1 atom stereocenters. The molecule has 130 valence electrons. The highest BCUT2D eigenvalue weighted by molar-refractivity contribution is 5.92. The van der Waals surface area contributed by atoms with Crippen molar-refractivity contribution >= 4 is 11.8 Å². The molecular weight excluding hydrogens is 318 g/mol. The van der Waals surface area contributed by atoms with E-state index < -0.39 is 5.91 Å². The Morgan fingerprint density at radius 1 is 1.28 bits per heavy atom. The minimum atomic E-state index is -0.493. The average molecular weight is 339 g/mol. The van der Waals surface area contributed by atoms with Gasteiger partial charge < -0.3 is 15.4 Å². The third-order valence-electron chi connectivity index (χ3n) is 4.31. The molecule has 1 fully saturated rings. The van der Waals surface area contributed by atoms with Crippen LogP contribution in [0.25, 0.3) is 0 Å². The summed E-state index contributed by atoms with van der Waals surface area (Å²) in [5, 5.41) is 0. The van der Waals surface area contributed by atoms with Gasteiger partial charge in [0.2, 0.25) is 5.91 Å².